The molecule has 2 N–H and O–H groups in total. The second kappa shape index (κ2) is 7.37. The van der Waals surface area contributed by atoms with Crippen LogP contribution in [0, 0.1) is 6.92 Å². The number of thiazole rings is 1. The molecule has 0 saturated carbocycles. The number of aromatic nitrogens is 1. The van der Waals surface area contributed by atoms with Crippen molar-refractivity contribution < 1.29 is 9.59 Å². The molecule has 7 heteroatoms. The van der Waals surface area contributed by atoms with E-state index in [1.165, 1.54) is 11.3 Å². The van der Waals surface area contributed by atoms with Crippen LogP contribution >= 0.6 is 22.7 Å². The summed E-state index contributed by atoms with van der Waals surface area (Å²) in [4.78, 5) is 29.7. The summed E-state index contributed by atoms with van der Waals surface area (Å²) < 4.78 is 0. The number of hydrogen-bond acceptors (Lipinski definition) is 5. The smallest absolute Gasteiger partial charge is 0.261 e. The fourth-order valence-corrected chi connectivity index (χ4v) is 3.50. The molecule has 122 valence electrons. The summed E-state index contributed by atoms with van der Waals surface area (Å²) in [5.74, 6) is -0.499. The lowest BCUT2D eigenvalue weighted by atomic mass is 10.2. The molecule has 0 unspecified atom stereocenters. The van der Waals surface area contributed by atoms with Crippen molar-refractivity contribution in [2.24, 2.45) is 0 Å². The lowest BCUT2D eigenvalue weighted by Crippen LogP contribution is -2.32. The Morgan fingerprint density at radius 3 is 2.54 bits per heavy atom. The van der Waals surface area contributed by atoms with Crippen LogP contribution in [-0.4, -0.2) is 23.3 Å². The summed E-state index contributed by atoms with van der Waals surface area (Å²) in [5.41, 5.74) is 1.69. The van der Waals surface area contributed by atoms with Crippen LogP contribution in [0.3, 0.4) is 0 Å². The minimum atomic E-state index is -0.265. The number of amides is 2. The van der Waals surface area contributed by atoms with Gasteiger partial charge in [0.15, 0.2) is 0 Å². The number of rotatable bonds is 5. The average molecular weight is 357 g/mol. The maximum Gasteiger partial charge on any atom is 0.261 e. The van der Waals surface area contributed by atoms with Gasteiger partial charge >= 0.3 is 0 Å². The van der Waals surface area contributed by atoms with Crippen molar-refractivity contribution in [3.8, 4) is 10.6 Å². The Morgan fingerprint density at radius 1 is 1.12 bits per heavy atom. The molecular weight excluding hydrogens is 342 g/mol. The van der Waals surface area contributed by atoms with Crippen molar-refractivity contribution >= 4 is 40.2 Å². The van der Waals surface area contributed by atoms with Crippen molar-refractivity contribution in [3.05, 3.63) is 57.7 Å². The van der Waals surface area contributed by atoms with Gasteiger partial charge in [0.25, 0.3) is 5.91 Å². The van der Waals surface area contributed by atoms with Crippen molar-refractivity contribution in [1.82, 2.24) is 10.3 Å². The van der Waals surface area contributed by atoms with Crippen LogP contribution in [-0.2, 0) is 4.79 Å². The zero-order chi connectivity index (χ0) is 16.9. The van der Waals surface area contributed by atoms with Crippen LogP contribution in [0.15, 0.2) is 48.0 Å². The molecule has 0 saturated heterocycles. The van der Waals surface area contributed by atoms with Crippen LogP contribution in [0.25, 0.3) is 10.6 Å². The van der Waals surface area contributed by atoms with E-state index in [9.17, 15) is 9.59 Å². The number of thiophene rings is 1. The van der Waals surface area contributed by atoms with Crippen LogP contribution in [0.2, 0.25) is 0 Å². The number of anilines is 1. The minimum absolute atomic E-state index is 0.0655. The van der Waals surface area contributed by atoms with Crippen molar-refractivity contribution in [3.63, 3.8) is 0 Å². The van der Waals surface area contributed by atoms with Gasteiger partial charge in [0, 0.05) is 27.7 Å². The molecule has 0 spiro atoms. The Hall–Kier alpha value is -2.51. The zero-order valence-electron chi connectivity index (χ0n) is 12.9. The third kappa shape index (κ3) is 4.06. The van der Waals surface area contributed by atoms with Gasteiger partial charge in [-0.1, -0.05) is 0 Å². The Labute approximate surface area is 147 Å². The van der Waals surface area contributed by atoms with E-state index in [4.69, 9.17) is 0 Å². The van der Waals surface area contributed by atoms with E-state index in [1.54, 1.807) is 23.6 Å². The number of hydrogen-bond donors (Lipinski definition) is 2. The van der Waals surface area contributed by atoms with Crippen LogP contribution < -0.4 is 10.6 Å². The first kappa shape index (κ1) is 16.4. The summed E-state index contributed by atoms with van der Waals surface area (Å²) >= 11 is 2.96. The first-order valence-electron chi connectivity index (χ1n) is 7.26. The van der Waals surface area contributed by atoms with E-state index in [0.29, 0.717) is 10.6 Å². The molecule has 0 fully saturated rings. The average Bonchev–Trinajstić information content (AvgIpc) is 3.25. The number of aryl methyl sites for hydroxylation is 1. The van der Waals surface area contributed by atoms with Crippen LogP contribution in [0.5, 0.6) is 0 Å². The first-order valence-corrected chi connectivity index (χ1v) is 8.96. The van der Waals surface area contributed by atoms with E-state index in [2.05, 4.69) is 15.6 Å². The highest BCUT2D eigenvalue weighted by Gasteiger charge is 2.10. The molecule has 0 aliphatic heterocycles. The summed E-state index contributed by atoms with van der Waals surface area (Å²) in [6, 6.07) is 11.1. The molecule has 0 atom stereocenters. The van der Waals surface area contributed by atoms with Gasteiger partial charge < -0.3 is 10.6 Å². The van der Waals surface area contributed by atoms with E-state index < -0.39 is 0 Å². The molecule has 0 radical (unpaired) electrons. The van der Waals surface area contributed by atoms with Gasteiger partial charge in [-0.25, -0.2) is 4.98 Å². The molecule has 1 aromatic carbocycles. The maximum absolute atomic E-state index is 11.9. The maximum atomic E-state index is 11.9. The topological polar surface area (TPSA) is 71.1 Å². The Bertz CT molecular complexity index is 839. The quantitative estimate of drug-likeness (QED) is 0.733. The number of benzene rings is 1. The lowest BCUT2D eigenvalue weighted by molar-refractivity contribution is -0.115. The molecule has 24 heavy (non-hydrogen) atoms. The second-order valence-corrected chi connectivity index (χ2v) is 7.24. The van der Waals surface area contributed by atoms with Gasteiger partial charge in [0.05, 0.1) is 11.4 Å². The highest BCUT2D eigenvalue weighted by Crippen LogP contribution is 2.23. The minimum Gasteiger partial charge on any atom is -0.342 e. The fourth-order valence-electron chi connectivity index (χ4n) is 2.07. The van der Waals surface area contributed by atoms with Gasteiger partial charge in [-0.15, -0.1) is 22.7 Å². The van der Waals surface area contributed by atoms with Gasteiger partial charge in [0.1, 0.15) is 5.01 Å². The monoisotopic (exact) mass is 357 g/mol. The Morgan fingerprint density at radius 2 is 1.92 bits per heavy atom. The standard InChI is InChI=1S/C17H15N3O2S2/c1-11-2-7-14(24-11)16(22)19-10-15(21)20-13-5-3-12(4-6-13)17-18-8-9-23-17/h2-9H,10H2,1H3,(H,19,22)(H,20,21). The largest absolute Gasteiger partial charge is 0.342 e. The van der Waals surface area contributed by atoms with E-state index >= 15 is 0 Å². The number of carbonyl (C=O) groups is 2. The summed E-state index contributed by atoms with van der Waals surface area (Å²) in [6.45, 7) is 1.87. The van der Waals surface area contributed by atoms with Crippen LogP contribution in [0.1, 0.15) is 14.5 Å². The molecule has 5 nitrogen and oxygen atoms in total. The molecular formula is C17H15N3O2S2. The number of carbonyl (C=O) groups excluding carboxylic acids is 2. The van der Waals surface area contributed by atoms with Gasteiger partial charge in [-0.2, -0.15) is 0 Å². The summed E-state index contributed by atoms with van der Waals surface area (Å²) in [7, 11) is 0. The molecule has 2 aromatic heterocycles. The molecule has 0 aliphatic rings. The highest BCUT2D eigenvalue weighted by molar-refractivity contribution is 7.14. The predicted molar refractivity (Wildman–Crippen MR) is 97.6 cm³/mol. The molecule has 3 aromatic rings. The molecule has 2 heterocycles. The normalized spacial score (nSPS) is 10.4. The lowest BCUT2D eigenvalue weighted by Gasteiger charge is -2.07. The third-order valence-electron chi connectivity index (χ3n) is 3.22. The fraction of sp³-hybridized carbons (Fsp3) is 0.118. The second-order valence-electron chi connectivity index (χ2n) is 5.06. The SMILES string of the molecule is Cc1ccc(C(=O)NCC(=O)Nc2ccc(-c3nccs3)cc2)s1. The molecule has 0 bridgehead atoms. The number of nitrogens with one attached hydrogen (secondary N) is 2. The summed E-state index contributed by atoms with van der Waals surface area (Å²) in [5, 5.41) is 8.23. The van der Waals surface area contributed by atoms with Crippen molar-refractivity contribution in [2.75, 3.05) is 11.9 Å². The molecule has 2 amide bonds. The van der Waals surface area contributed by atoms with Gasteiger partial charge in [-0.3, -0.25) is 9.59 Å². The molecule has 3 rings (SSSR count). The van der Waals surface area contributed by atoms with Gasteiger partial charge in [0.2, 0.25) is 5.91 Å². The van der Waals surface area contributed by atoms with E-state index in [0.717, 1.165) is 15.4 Å². The van der Waals surface area contributed by atoms with Gasteiger partial charge in [-0.05, 0) is 43.3 Å². The predicted octanol–water partition coefficient (Wildman–Crippen LogP) is 3.55. The summed E-state index contributed by atoms with van der Waals surface area (Å²) in [6.07, 6.45) is 1.76. The van der Waals surface area contributed by atoms with Crippen LogP contribution in [0.4, 0.5) is 5.69 Å². The third-order valence-corrected chi connectivity index (χ3v) is 5.04. The first-order chi connectivity index (χ1) is 11.6. The zero-order valence-corrected chi connectivity index (χ0v) is 14.5. The Balaban J connectivity index is 1.52. The van der Waals surface area contributed by atoms with E-state index in [1.807, 2.05) is 42.6 Å². The Kier molecular flexibility index (Phi) is 5.02. The van der Waals surface area contributed by atoms with Crippen molar-refractivity contribution in [2.45, 2.75) is 6.92 Å². The molecule has 0 aliphatic carbocycles. The highest BCUT2D eigenvalue weighted by atomic mass is 32.1. The van der Waals surface area contributed by atoms with E-state index in [-0.39, 0.29) is 18.4 Å². The number of nitrogens with zero attached hydrogens (tertiary/aromatic N) is 1. The van der Waals surface area contributed by atoms with Crippen molar-refractivity contribution in [1.29, 1.82) is 0 Å².